The van der Waals surface area contributed by atoms with Crippen LogP contribution in [0.2, 0.25) is 5.02 Å². The molecule has 3 N–H and O–H groups in total. The first-order valence-electron chi connectivity index (χ1n) is 7.08. The number of nitrogens with zero attached hydrogens (tertiary/aromatic N) is 1. The number of amidine groups is 1. The molecule has 4 nitrogen and oxygen atoms in total. The third-order valence-corrected chi connectivity index (χ3v) is 4.17. The Morgan fingerprint density at radius 3 is 3.00 bits per heavy atom. The number of benzene rings is 1. The summed E-state index contributed by atoms with van der Waals surface area (Å²) in [5.41, 5.74) is 6.26. The van der Waals surface area contributed by atoms with E-state index in [-0.39, 0.29) is 11.9 Å². The van der Waals surface area contributed by atoms with Crippen LogP contribution in [0.5, 0.6) is 5.75 Å². The highest BCUT2D eigenvalue weighted by molar-refractivity contribution is 6.30. The van der Waals surface area contributed by atoms with E-state index in [2.05, 4.69) is 12.1 Å². The van der Waals surface area contributed by atoms with Crippen molar-refractivity contribution < 1.29 is 9.94 Å². The number of hydrogen-bond donors (Lipinski definition) is 2. The quantitative estimate of drug-likeness (QED) is 0.384. The second kappa shape index (κ2) is 6.84. The fourth-order valence-corrected chi connectivity index (χ4v) is 2.92. The molecule has 1 aromatic rings. The molecule has 0 heterocycles. The number of halogens is 1. The molecule has 1 saturated carbocycles. The van der Waals surface area contributed by atoms with E-state index in [0.717, 1.165) is 18.8 Å². The molecule has 0 aliphatic heterocycles. The van der Waals surface area contributed by atoms with Gasteiger partial charge in [-0.05, 0) is 43.4 Å². The van der Waals surface area contributed by atoms with Gasteiger partial charge in [0.2, 0.25) is 0 Å². The molecule has 110 valence electrons. The molecule has 1 aliphatic carbocycles. The molecule has 5 heteroatoms. The topological polar surface area (TPSA) is 67.8 Å². The summed E-state index contributed by atoms with van der Waals surface area (Å²) in [5.74, 6) is 1.36. The minimum absolute atomic E-state index is 0.0412. The van der Waals surface area contributed by atoms with Crippen LogP contribution in [-0.2, 0) is 0 Å². The van der Waals surface area contributed by atoms with Crippen LogP contribution in [0.15, 0.2) is 23.4 Å². The van der Waals surface area contributed by atoms with Crippen LogP contribution in [0.1, 0.15) is 44.6 Å². The smallest absolute Gasteiger partial charge is 0.173 e. The standard InChI is InChI=1S/C15H21ClN2O2/c1-2-10-4-3-5-12(8-10)20-14-9-11(16)6-7-13(14)15(17)18-19/h6-7,9-10,12,19H,2-5,8H2,1H3,(H2,17,18). The van der Waals surface area contributed by atoms with E-state index in [0.29, 0.717) is 16.3 Å². The lowest BCUT2D eigenvalue weighted by molar-refractivity contribution is 0.122. The fourth-order valence-electron chi connectivity index (χ4n) is 2.76. The van der Waals surface area contributed by atoms with Crippen LogP contribution in [0, 0.1) is 5.92 Å². The van der Waals surface area contributed by atoms with Crippen LogP contribution in [0.25, 0.3) is 0 Å². The van der Waals surface area contributed by atoms with Gasteiger partial charge in [0.1, 0.15) is 5.75 Å². The zero-order valence-electron chi connectivity index (χ0n) is 11.7. The molecular weight excluding hydrogens is 276 g/mol. The predicted molar refractivity (Wildman–Crippen MR) is 80.6 cm³/mol. The largest absolute Gasteiger partial charge is 0.490 e. The average molecular weight is 297 g/mol. The monoisotopic (exact) mass is 296 g/mol. The minimum Gasteiger partial charge on any atom is -0.490 e. The van der Waals surface area contributed by atoms with E-state index in [9.17, 15) is 0 Å². The Labute approximate surface area is 124 Å². The zero-order valence-corrected chi connectivity index (χ0v) is 12.4. The van der Waals surface area contributed by atoms with Crippen LogP contribution in [0.4, 0.5) is 0 Å². The lowest BCUT2D eigenvalue weighted by Gasteiger charge is -2.29. The van der Waals surface area contributed by atoms with Crippen molar-refractivity contribution in [3.8, 4) is 5.75 Å². The third kappa shape index (κ3) is 3.57. The number of nitrogens with two attached hydrogens (primary N) is 1. The molecule has 2 unspecified atom stereocenters. The summed E-state index contributed by atoms with van der Waals surface area (Å²) in [5, 5.41) is 12.5. The molecule has 0 aromatic heterocycles. The normalized spacial score (nSPS) is 23.6. The lowest BCUT2D eigenvalue weighted by atomic mass is 9.85. The fraction of sp³-hybridized carbons (Fsp3) is 0.533. The van der Waals surface area contributed by atoms with Gasteiger partial charge in [-0.25, -0.2) is 0 Å². The first-order chi connectivity index (χ1) is 9.63. The second-order valence-corrected chi connectivity index (χ2v) is 5.74. The van der Waals surface area contributed by atoms with Crippen molar-refractivity contribution in [3.05, 3.63) is 28.8 Å². The molecule has 1 aliphatic rings. The van der Waals surface area contributed by atoms with Gasteiger partial charge < -0.3 is 15.7 Å². The first kappa shape index (κ1) is 15.0. The highest BCUT2D eigenvalue weighted by atomic mass is 35.5. The molecule has 0 saturated heterocycles. The maximum Gasteiger partial charge on any atom is 0.173 e. The number of ether oxygens (including phenoxy) is 1. The van der Waals surface area contributed by atoms with Crippen LogP contribution in [0.3, 0.4) is 0 Å². The van der Waals surface area contributed by atoms with E-state index in [1.807, 2.05) is 0 Å². The van der Waals surface area contributed by atoms with Crippen LogP contribution in [-0.4, -0.2) is 17.1 Å². The highest BCUT2D eigenvalue weighted by Crippen LogP contribution is 2.32. The van der Waals surface area contributed by atoms with Crippen molar-refractivity contribution in [3.63, 3.8) is 0 Å². The van der Waals surface area contributed by atoms with E-state index >= 15 is 0 Å². The molecule has 20 heavy (non-hydrogen) atoms. The van der Waals surface area contributed by atoms with E-state index in [1.165, 1.54) is 19.3 Å². The van der Waals surface area contributed by atoms with Crippen molar-refractivity contribution in [2.75, 3.05) is 0 Å². The minimum atomic E-state index is 0.0412. The molecule has 0 spiro atoms. The molecule has 1 fully saturated rings. The van der Waals surface area contributed by atoms with Crippen molar-refractivity contribution >= 4 is 17.4 Å². The lowest BCUT2D eigenvalue weighted by Crippen LogP contribution is -2.26. The van der Waals surface area contributed by atoms with Gasteiger partial charge >= 0.3 is 0 Å². The maximum absolute atomic E-state index is 8.84. The van der Waals surface area contributed by atoms with Crippen molar-refractivity contribution in [1.29, 1.82) is 0 Å². The molecule has 0 radical (unpaired) electrons. The first-order valence-corrected chi connectivity index (χ1v) is 7.46. The summed E-state index contributed by atoms with van der Waals surface area (Å²) < 4.78 is 6.07. The summed E-state index contributed by atoms with van der Waals surface area (Å²) in [6.07, 6.45) is 5.92. The van der Waals surface area contributed by atoms with E-state index in [4.69, 9.17) is 27.3 Å². The molecule has 0 amide bonds. The van der Waals surface area contributed by atoms with Gasteiger partial charge in [-0.1, -0.05) is 36.5 Å². The molecule has 1 aromatic carbocycles. The van der Waals surface area contributed by atoms with Crippen molar-refractivity contribution in [1.82, 2.24) is 0 Å². The SMILES string of the molecule is CCC1CCCC(Oc2cc(Cl)ccc2C(N)=NO)C1. The van der Waals surface area contributed by atoms with Crippen LogP contribution < -0.4 is 10.5 Å². The van der Waals surface area contributed by atoms with E-state index in [1.54, 1.807) is 18.2 Å². The van der Waals surface area contributed by atoms with Gasteiger partial charge in [0.25, 0.3) is 0 Å². The Morgan fingerprint density at radius 1 is 1.50 bits per heavy atom. The van der Waals surface area contributed by atoms with Gasteiger partial charge in [-0.15, -0.1) is 0 Å². The van der Waals surface area contributed by atoms with Gasteiger partial charge in [0.15, 0.2) is 5.84 Å². The summed E-state index contributed by atoms with van der Waals surface area (Å²) >= 11 is 6.02. The Bertz CT molecular complexity index is 491. The number of rotatable bonds is 4. The Morgan fingerprint density at radius 2 is 2.30 bits per heavy atom. The molecule has 2 rings (SSSR count). The maximum atomic E-state index is 8.84. The zero-order chi connectivity index (χ0) is 14.5. The van der Waals surface area contributed by atoms with Crippen molar-refractivity contribution in [2.24, 2.45) is 16.8 Å². The summed E-state index contributed by atoms with van der Waals surface area (Å²) in [4.78, 5) is 0. The number of hydrogen-bond acceptors (Lipinski definition) is 3. The summed E-state index contributed by atoms with van der Waals surface area (Å²) in [7, 11) is 0. The Hall–Kier alpha value is -1.42. The van der Waals surface area contributed by atoms with E-state index < -0.39 is 0 Å². The van der Waals surface area contributed by atoms with Gasteiger partial charge in [0, 0.05) is 5.02 Å². The highest BCUT2D eigenvalue weighted by Gasteiger charge is 2.23. The molecule has 0 bridgehead atoms. The Kier molecular flexibility index (Phi) is 5.12. The van der Waals surface area contributed by atoms with Gasteiger partial charge in [-0.3, -0.25) is 0 Å². The predicted octanol–water partition coefficient (Wildman–Crippen LogP) is 3.78. The van der Waals surface area contributed by atoms with Crippen LogP contribution >= 0.6 is 11.6 Å². The third-order valence-electron chi connectivity index (χ3n) is 3.93. The van der Waals surface area contributed by atoms with Gasteiger partial charge in [0.05, 0.1) is 11.7 Å². The van der Waals surface area contributed by atoms with Crippen molar-refractivity contribution in [2.45, 2.75) is 45.1 Å². The molecular formula is C15H21ClN2O2. The second-order valence-electron chi connectivity index (χ2n) is 5.31. The summed E-state index contributed by atoms with van der Waals surface area (Å²) in [6, 6.07) is 5.15. The average Bonchev–Trinajstić information content (AvgIpc) is 2.47. The summed E-state index contributed by atoms with van der Waals surface area (Å²) in [6.45, 7) is 2.22. The number of oxime groups is 1. The molecule has 2 atom stereocenters. The van der Waals surface area contributed by atoms with Gasteiger partial charge in [-0.2, -0.15) is 0 Å². The Balaban J connectivity index is 2.17.